The molecule has 0 aliphatic heterocycles. The molecule has 11 heavy (non-hydrogen) atoms. The molecule has 0 aliphatic carbocycles. The molecule has 0 fully saturated rings. The fraction of sp³-hybridized carbons (Fsp3) is 0.286. The monoisotopic (exact) mass is 169 g/mol. The topological polar surface area (TPSA) is 49.6 Å². The Morgan fingerprint density at radius 2 is 2.27 bits per heavy atom. The van der Waals surface area contributed by atoms with Crippen molar-refractivity contribution >= 4 is 17.3 Å². The Morgan fingerprint density at radius 1 is 1.64 bits per heavy atom. The molecule has 0 unspecified atom stereocenters. The third-order valence-electron chi connectivity index (χ3n) is 1.27. The maximum atomic E-state index is 7.30. The van der Waals surface area contributed by atoms with Crippen molar-refractivity contribution in [3.63, 3.8) is 0 Å². The first kappa shape index (κ1) is 8.14. The highest BCUT2D eigenvalue weighted by Gasteiger charge is 2.02. The van der Waals surface area contributed by atoms with Crippen molar-refractivity contribution in [3.05, 3.63) is 22.7 Å². The third kappa shape index (κ3) is 1.74. The first-order valence-electron chi connectivity index (χ1n) is 3.16. The number of nitrogens with one attached hydrogen (secondary N) is 1. The molecule has 0 atom stereocenters. The summed E-state index contributed by atoms with van der Waals surface area (Å²) >= 11 is 5.58. The SMILES string of the molecule is CC(=N)c1ncc(Cl)nc1C. The summed E-state index contributed by atoms with van der Waals surface area (Å²) in [6.07, 6.45) is 1.45. The van der Waals surface area contributed by atoms with E-state index in [2.05, 4.69) is 9.97 Å². The highest BCUT2D eigenvalue weighted by atomic mass is 35.5. The van der Waals surface area contributed by atoms with Crippen LogP contribution in [0.15, 0.2) is 6.20 Å². The third-order valence-corrected chi connectivity index (χ3v) is 1.45. The number of hydrogen-bond donors (Lipinski definition) is 1. The molecule has 0 spiro atoms. The van der Waals surface area contributed by atoms with Gasteiger partial charge >= 0.3 is 0 Å². The molecule has 0 radical (unpaired) electrons. The number of hydrogen-bond acceptors (Lipinski definition) is 3. The van der Waals surface area contributed by atoms with E-state index in [1.165, 1.54) is 6.20 Å². The Labute approximate surface area is 70.0 Å². The van der Waals surface area contributed by atoms with Crippen molar-refractivity contribution in [2.24, 2.45) is 0 Å². The predicted molar refractivity (Wildman–Crippen MR) is 44.3 cm³/mol. The van der Waals surface area contributed by atoms with Crippen LogP contribution < -0.4 is 0 Å². The fourth-order valence-electron chi connectivity index (χ4n) is 0.821. The van der Waals surface area contributed by atoms with Crippen LogP contribution in [0.5, 0.6) is 0 Å². The summed E-state index contributed by atoms with van der Waals surface area (Å²) < 4.78 is 0. The smallest absolute Gasteiger partial charge is 0.147 e. The molecule has 0 saturated heterocycles. The molecular weight excluding hydrogens is 162 g/mol. The molecular formula is C7H8ClN3. The summed E-state index contributed by atoms with van der Waals surface area (Å²) in [5.41, 5.74) is 1.71. The molecule has 1 aromatic heterocycles. The van der Waals surface area contributed by atoms with Crippen LogP contribution in [0.25, 0.3) is 0 Å². The van der Waals surface area contributed by atoms with Crippen LogP contribution in [-0.2, 0) is 0 Å². The minimum Gasteiger partial charge on any atom is -0.303 e. The average Bonchev–Trinajstić information content (AvgIpc) is 1.85. The van der Waals surface area contributed by atoms with Gasteiger partial charge in [0.1, 0.15) is 10.8 Å². The Bertz CT molecular complexity index is 296. The standard InChI is InChI=1S/C7H8ClN3/c1-4(9)7-5(2)11-6(8)3-10-7/h3,9H,1-2H3. The molecule has 58 valence electrons. The zero-order valence-electron chi connectivity index (χ0n) is 6.35. The van der Waals surface area contributed by atoms with Gasteiger partial charge in [0.2, 0.25) is 0 Å². The van der Waals surface area contributed by atoms with Gasteiger partial charge in [0.05, 0.1) is 17.6 Å². The number of nitrogens with zero attached hydrogens (tertiary/aromatic N) is 2. The lowest BCUT2D eigenvalue weighted by molar-refractivity contribution is 1.09. The van der Waals surface area contributed by atoms with Crippen molar-refractivity contribution in [2.75, 3.05) is 0 Å². The van der Waals surface area contributed by atoms with E-state index in [-0.39, 0.29) is 0 Å². The zero-order valence-corrected chi connectivity index (χ0v) is 7.11. The van der Waals surface area contributed by atoms with E-state index in [9.17, 15) is 0 Å². The molecule has 0 saturated carbocycles. The van der Waals surface area contributed by atoms with Crippen molar-refractivity contribution in [2.45, 2.75) is 13.8 Å². The predicted octanol–water partition coefficient (Wildman–Crippen LogP) is 1.83. The first-order chi connectivity index (χ1) is 5.11. The summed E-state index contributed by atoms with van der Waals surface area (Å²) in [6.45, 7) is 3.46. The summed E-state index contributed by atoms with van der Waals surface area (Å²) in [7, 11) is 0. The molecule has 0 aliphatic rings. The summed E-state index contributed by atoms with van der Waals surface area (Å²) in [5.74, 6) is 0. The molecule has 0 amide bonds. The lowest BCUT2D eigenvalue weighted by atomic mass is 10.2. The van der Waals surface area contributed by atoms with Gasteiger partial charge in [-0.15, -0.1) is 0 Å². The van der Waals surface area contributed by atoms with Crippen molar-refractivity contribution in [3.8, 4) is 0 Å². The molecule has 3 nitrogen and oxygen atoms in total. The van der Waals surface area contributed by atoms with Crippen LogP contribution in [0, 0.1) is 12.3 Å². The molecule has 0 bridgehead atoms. The molecule has 1 N–H and O–H groups in total. The number of halogens is 1. The average molecular weight is 170 g/mol. The van der Waals surface area contributed by atoms with Gasteiger partial charge in [-0.1, -0.05) is 11.6 Å². The Kier molecular flexibility index (Phi) is 2.19. The summed E-state index contributed by atoms with van der Waals surface area (Å²) in [5, 5.41) is 7.67. The molecule has 0 aromatic carbocycles. The van der Waals surface area contributed by atoms with E-state index < -0.39 is 0 Å². The second-order valence-electron chi connectivity index (χ2n) is 2.25. The Hall–Kier alpha value is -0.960. The van der Waals surface area contributed by atoms with E-state index in [1.54, 1.807) is 13.8 Å². The number of rotatable bonds is 1. The van der Waals surface area contributed by atoms with E-state index in [0.717, 1.165) is 0 Å². The number of aromatic nitrogens is 2. The van der Waals surface area contributed by atoms with Crippen LogP contribution >= 0.6 is 11.6 Å². The Balaban J connectivity index is 3.20. The normalized spacial score (nSPS) is 9.73. The first-order valence-corrected chi connectivity index (χ1v) is 3.53. The minimum absolute atomic E-state index is 0.368. The highest BCUT2D eigenvalue weighted by molar-refractivity contribution is 6.29. The van der Waals surface area contributed by atoms with Crippen molar-refractivity contribution in [1.29, 1.82) is 5.41 Å². The van der Waals surface area contributed by atoms with E-state index in [4.69, 9.17) is 17.0 Å². The van der Waals surface area contributed by atoms with Gasteiger partial charge < -0.3 is 5.41 Å². The second-order valence-corrected chi connectivity index (χ2v) is 2.64. The van der Waals surface area contributed by atoms with Gasteiger partial charge in [-0.25, -0.2) is 9.97 Å². The fourth-order valence-corrected chi connectivity index (χ4v) is 0.997. The maximum Gasteiger partial charge on any atom is 0.147 e. The molecule has 1 heterocycles. The minimum atomic E-state index is 0.368. The van der Waals surface area contributed by atoms with Gasteiger partial charge in [-0.2, -0.15) is 0 Å². The summed E-state index contributed by atoms with van der Waals surface area (Å²) in [4.78, 5) is 7.92. The number of aryl methyl sites for hydroxylation is 1. The van der Waals surface area contributed by atoms with Gasteiger partial charge in [0.15, 0.2) is 0 Å². The highest BCUT2D eigenvalue weighted by Crippen LogP contribution is 2.06. The van der Waals surface area contributed by atoms with Gasteiger partial charge in [-0.05, 0) is 13.8 Å². The summed E-state index contributed by atoms with van der Waals surface area (Å²) in [6, 6.07) is 0. The van der Waals surface area contributed by atoms with Crippen molar-refractivity contribution < 1.29 is 0 Å². The molecule has 1 aromatic rings. The van der Waals surface area contributed by atoms with Crippen molar-refractivity contribution in [1.82, 2.24) is 9.97 Å². The van der Waals surface area contributed by atoms with Crippen LogP contribution in [0.1, 0.15) is 18.3 Å². The largest absolute Gasteiger partial charge is 0.303 e. The lowest BCUT2D eigenvalue weighted by Gasteiger charge is -2.00. The lowest BCUT2D eigenvalue weighted by Crippen LogP contribution is -2.01. The van der Waals surface area contributed by atoms with E-state index >= 15 is 0 Å². The van der Waals surface area contributed by atoms with Gasteiger partial charge in [0, 0.05) is 0 Å². The molecule has 4 heteroatoms. The quantitative estimate of drug-likeness (QED) is 0.652. The maximum absolute atomic E-state index is 7.30. The molecule has 1 rings (SSSR count). The van der Waals surface area contributed by atoms with Crippen LogP contribution in [0.3, 0.4) is 0 Å². The van der Waals surface area contributed by atoms with E-state index in [0.29, 0.717) is 22.3 Å². The van der Waals surface area contributed by atoms with Crippen LogP contribution in [0.2, 0.25) is 5.15 Å². The Morgan fingerprint density at radius 3 is 2.73 bits per heavy atom. The second kappa shape index (κ2) is 2.96. The van der Waals surface area contributed by atoms with E-state index in [1.807, 2.05) is 0 Å². The van der Waals surface area contributed by atoms with Crippen LogP contribution in [0.4, 0.5) is 0 Å². The van der Waals surface area contributed by atoms with Crippen LogP contribution in [-0.4, -0.2) is 15.7 Å². The van der Waals surface area contributed by atoms with Gasteiger partial charge in [-0.3, -0.25) is 0 Å². The van der Waals surface area contributed by atoms with Gasteiger partial charge in [0.25, 0.3) is 0 Å². The zero-order chi connectivity index (χ0) is 8.43.